The Hall–Kier alpha value is -3.79. The fourth-order valence-electron chi connectivity index (χ4n) is 4.88. The highest BCUT2D eigenvalue weighted by Crippen LogP contribution is 2.37. The minimum atomic E-state index is -0.326. The highest BCUT2D eigenvalue weighted by Gasteiger charge is 2.29. The lowest BCUT2D eigenvalue weighted by Gasteiger charge is -2.30. The summed E-state index contributed by atoms with van der Waals surface area (Å²) in [6.45, 7) is 4.58. The molecule has 4 aromatic heterocycles. The zero-order chi connectivity index (χ0) is 24.7. The number of furan rings is 1. The maximum absolute atomic E-state index is 13.6. The Morgan fingerprint density at radius 1 is 1.37 bits per heavy atom. The predicted molar refractivity (Wildman–Crippen MR) is 135 cm³/mol. The van der Waals surface area contributed by atoms with Gasteiger partial charge in [-0.1, -0.05) is 6.92 Å². The molecule has 0 amide bonds. The largest absolute Gasteiger partial charge is 0.434 e. The summed E-state index contributed by atoms with van der Waals surface area (Å²) in [4.78, 5) is 26.9. The summed E-state index contributed by atoms with van der Waals surface area (Å²) in [5.74, 6) is 0. The average molecular weight is 476 g/mol. The predicted octanol–water partition coefficient (Wildman–Crippen LogP) is 3.38. The van der Waals surface area contributed by atoms with E-state index >= 15 is 0 Å². The molecule has 2 unspecified atom stereocenters. The zero-order valence-electron chi connectivity index (χ0n) is 20.4. The lowest BCUT2D eigenvalue weighted by atomic mass is 10.00. The third-order valence-corrected chi connectivity index (χ3v) is 6.61. The molecule has 0 bridgehead atoms. The Morgan fingerprint density at radius 2 is 2.20 bits per heavy atom. The Balaban J connectivity index is 1.86. The van der Waals surface area contributed by atoms with Crippen molar-refractivity contribution >= 4 is 34.0 Å². The van der Waals surface area contributed by atoms with Gasteiger partial charge < -0.3 is 14.9 Å². The number of aliphatic imine (C=N–C) groups is 1. The molecule has 1 fully saturated rings. The second kappa shape index (κ2) is 9.10. The maximum Gasteiger partial charge on any atom is 0.349 e. The van der Waals surface area contributed by atoms with E-state index in [4.69, 9.17) is 19.9 Å². The first-order chi connectivity index (χ1) is 16.9. The van der Waals surface area contributed by atoms with Crippen molar-refractivity contribution in [2.45, 2.75) is 45.3 Å². The highest BCUT2D eigenvalue weighted by atomic mass is 16.5. The molecule has 182 valence electrons. The van der Waals surface area contributed by atoms with Crippen LogP contribution in [0.2, 0.25) is 0 Å². The monoisotopic (exact) mass is 475 g/mol. The molecule has 1 aliphatic rings. The van der Waals surface area contributed by atoms with Gasteiger partial charge in [-0.25, -0.2) is 9.78 Å². The van der Waals surface area contributed by atoms with Gasteiger partial charge in [0.05, 0.1) is 17.7 Å². The molecule has 2 atom stereocenters. The molecule has 0 spiro atoms. The first kappa shape index (κ1) is 23.0. The van der Waals surface area contributed by atoms with Crippen molar-refractivity contribution < 1.29 is 9.15 Å². The first-order valence-electron chi connectivity index (χ1n) is 11.8. The van der Waals surface area contributed by atoms with Crippen LogP contribution < -0.4 is 11.4 Å². The molecule has 0 saturated carbocycles. The quantitative estimate of drug-likeness (QED) is 0.439. The normalized spacial score (nSPS) is 19.4. The lowest BCUT2D eigenvalue weighted by Crippen LogP contribution is -2.34. The van der Waals surface area contributed by atoms with Crippen molar-refractivity contribution in [2.75, 3.05) is 13.7 Å². The Bertz CT molecular complexity index is 1530. The third kappa shape index (κ3) is 3.93. The van der Waals surface area contributed by atoms with Gasteiger partial charge in [-0.3, -0.25) is 14.2 Å². The van der Waals surface area contributed by atoms with Crippen LogP contribution in [0.15, 0.2) is 38.9 Å². The SMILES string of the molecule is CCC1CC(n2c(=O)nc(-c3cnn(C)c3)c3oc4nc(C)c(/C(C=NC)=C/N)cc4c32)CCO1. The van der Waals surface area contributed by atoms with Gasteiger partial charge >= 0.3 is 5.69 Å². The van der Waals surface area contributed by atoms with Crippen LogP contribution in [0, 0.1) is 6.92 Å². The first-order valence-corrected chi connectivity index (χ1v) is 11.8. The van der Waals surface area contributed by atoms with Gasteiger partial charge in [0, 0.05) is 67.7 Å². The van der Waals surface area contributed by atoms with Crippen molar-refractivity contribution in [3.63, 3.8) is 0 Å². The molecule has 5 heterocycles. The number of aromatic nitrogens is 5. The average Bonchev–Trinajstić information content (AvgIpc) is 3.45. The summed E-state index contributed by atoms with van der Waals surface area (Å²) in [5.41, 5.74) is 10.7. The van der Waals surface area contributed by atoms with E-state index in [1.807, 2.05) is 26.2 Å². The maximum atomic E-state index is 13.6. The summed E-state index contributed by atoms with van der Waals surface area (Å²) in [6, 6.07) is 1.91. The van der Waals surface area contributed by atoms with Crippen LogP contribution in [0.5, 0.6) is 0 Å². The van der Waals surface area contributed by atoms with E-state index in [0.29, 0.717) is 41.1 Å². The van der Waals surface area contributed by atoms with Gasteiger partial charge in [0.15, 0.2) is 5.58 Å². The van der Waals surface area contributed by atoms with E-state index in [9.17, 15) is 4.79 Å². The zero-order valence-corrected chi connectivity index (χ0v) is 20.4. The number of allylic oxidation sites excluding steroid dienone is 1. The van der Waals surface area contributed by atoms with E-state index in [1.54, 1.807) is 28.7 Å². The molecular weight excluding hydrogens is 446 g/mol. The van der Waals surface area contributed by atoms with Crippen LogP contribution >= 0.6 is 0 Å². The van der Waals surface area contributed by atoms with Crippen LogP contribution in [0.4, 0.5) is 0 Å². The molecule has 0 aromatic carbocycles. The van der Waals surface area contributed by atoms with E-state index < -0.39 is 0 Å². The molecule has 35 heavy (non-hydrogen) atoms. The van der Waals surface area contributed by atoms with E-state index in [2.05, 4.69) is 22.0 Å². The fraction of sp³-hybridized carbons (Fsp3) is 0.400. The number of rotatable bonds is 5. The van der Waals surface area contributed by atoms with Crippen LogP contribution in [0.1, 0.15) is 43.5 Å². The van der Waals surface area contributed by atoms with Gasteiger partial charge in [0.1, 0.15) is 11.2 Å². The number of nitrogens with zero attached hydrogens (tertiary/aromatic N) is 6. The van der Waals surface area contributed by atoms with E-state index in [-0.39, 0.29) is 17.8 Å². The molecule has 5 rings (SSSR count). The molecule has 2 N–H and O–H groups in total. The minimum absolute atomic E-state index is 0.0635. The topological polar surface area (TPSA) is 126 Å². The number of nitrogens with two attached hydrogens (primary N) is 1. The number of pyridine rings is 1. The van der Waals surface area contributed by atoms with Gasteiger partial charge in [0.25, 0.3) is 0 Å². The standard InChI is InChI=1S/C25H29N7O3/c1-5-18-8-17(6-7-34-18)32-22-20-9-19(15(10-26)11-27-3)14(2)29-24(20)35-23(22)21(30-25(32)33)16-12-28-31(4)13-16/h9-13,17-18H,5-8,26H2,1-4H3/b15-10+,27-11?. The van der Waals surface area contributed by atoms with Gasteiger partial charge in [-0.15, -0.1) is 0 Å². The Morgan fingerprint density at radius 3 is 2.89 bits per heavy atom. The number of fused-ring (bicyclic) bond motifs is 3. The minimum Gasteiger partial charge on any atom is -0.434 e. The second-order valence-corrected chi connectivity index (χ2v) is 8.86. The molecule has 1 saturated heterocycles. The molecule has 4 aromatic rings. The lowest BCUT2D eigenvalue weighted by molar-refractivity contribution is -0.00709. The van der Waals surface area contributed by atoms with Crippen molar-refractivity contribution in [1.29, 1.82) is 0 Å². The van der Waals surface area contributed by atoms with Crippen LogP contribution in [-0.4, -0.2) is 50.3 Å². The highest BCUT2D eigenvalue weighted by molar-refractivity contribution is 6.13. The van der Waals surface area contributed by atoms with Crippen molar-refractivity contribution in [3.8, 4) is 11.3 Å². The van der Waals surface area contributed by atoms with E-state index in [0.717, 1.165) is 35.1 Å². The summed E-state index contributed by atoms with van der Waals surface area (Å²) in [7, 11) is 3.51. The van der Waals surface area contributed by atoms with Crippen LogP contribution in [-0.2, 0) is 11.8 Å². The Labute approximate surface area is 202 Å². The summed E-state index contributed by atoms with van der Waals surface area (Å²) in [5, 5.41) is 4.99. The van der Waals surface area contributed by atoms with Gasteiger partial charge in [0.2, 0.25) is 5.71 Å². The number of ether oxygens (including phenoxy) is 1. The molecule has 10 heteroatoms. The van der Waals surface area contributed by atoms with Gasteiger partial charge in [-0.2, -0.15) is 10.1 Å². The smallest absolute Gasteiger partial charge is 0.349 e. The second-order valence-electron chi connectivity index (χ2n) is 8.86. The van der Waals surface area contributed by atoms with Crippen LogP contribution in [0.3, 0.4) is 0 Å². The van der Waals surface area contributed by atoms with Crippen LogP contribution in [0.25, 0.3) is 39.0 Å². The van der Waals surface area contributed by atoms with Gasteiger partial charge in [-0.05, 0) is 32.3 Å². The van der Waals surface area contributed by atoms with Crippen molar-refractivity contribution in [1.82, 2.24) is 24.3 Å². The van der Waals surface area contributed by atoms with Crippen molar-refractivity contribution in [2.24, 2.45) is 17.8 Å². The van der Waals surface area contributed by atoms with Crippen molar-refractivity contribution in [3.05, 3.63) is 46.4 Å². The number of hydrogen-bond donors (Lipinski definition) is 1. The molecular formula is C25H29N7O3. The molecule has 10 nitrogen and oxygen atoms in total. The fourth-order valence-corrected chi connectivity index (χ4v) is 4.88. The molecule has 1 aliphatic heterocycles. The Kier molecular flexibility index (Phi) is 5.98. The molecule has 0 aliphatic carbocycles. The number of aryl methyl sites for hydroxylation is 2. The number of hydrogen-bond acceptors (Lipinski definition) is 8. The third-order valence-electron chi connectivity index (χ3n) is 6.61. The van der Waals surface area contributed by atoms with E-state index in [1.165, 1.54) is 6.20 Å². The summed E-state index contributed by atoms with van der Waals surface area (Å²) in [6.07, 6.45) is 9.12. The summed E-state index contributed by atoms with van der Waals surface area (Å²) >= 11 is 0. The summed E-state index contributed by atoms with van der Waals surface area (Å²) < 4.78 is 15.6. The molecule has 0 radical (unpaired) electrons.